The number of hydrogen-bond acceptors (Lipinski definition) is 5. The zero-order chi connectivity index (χ0) is 15.4. The Bertz CT molecular complexity index is 631. The first-order chi connectivity index (χ1) is 10.7. The Morgan fingerprint density at radius 3 is 2.86 bits per heavy atom. The van der Waals surface area contributed by atoms with Crippen LogP contribution in [0.1, 0.15) is 26.0 Å². The largest absolute Gasteiger partial charge is 0.486 e. The van der Waals surface area contributed by atoms with Gasteiger partial charge in [-0.2, -0.15) is 0 Å². The van der Waals surface area contributed by atoms with E-state index in [9.17, 15) is 0 Å². The molecule has 3 rings (SSSR count). The van der Waals surface area contributed by atoms with E-state index in [1.54, 1.807) is 6.33 Å². The number of nitrogens with one attached hydrogen (secondary N) is 1. The van der Waals surface area contributed by atoms with Gasteiger partial charge in [0, 0.05) is 17.8 Å². The summed E-state index contributed by atoms with van der Waals surface area (Å²) in [5.41, 5.74) is 1.01. The van der Waals surface area contributed by atoms with Crippen LogP contribution in [-0.2, 0) is 6.42 Å². The molecule has 0 unspecified atom stereocenters. The molecule has 0 amide bonds. The van der Waals surface area contributed by atoms with Crippen molar-refractivity contribution in [3.63, 3.8) is 0 Å². The number of rotatable bonds is 5. The maximum absolute atomic E-state index is 5.96. The molecule has 1 aliphatic rings. The van der Waals surface area contributed by atoms with Crippen molar-refractivity contribution in [2.45, 2.75) is 38.8 Å². The first-order valence-corrected chi connectivity index (χ1v) is 7.66. The van der Waals surface area contributed by atoms with Gasteiger partial charge in [-0.1, -0.05) is 12.1 Å². The van der Waals surface area contributed by atoms with E-state index in [-0.39, 0.29) is 6.10 Å². The van der Waals surface area contributed by atoms with Crippen LogP contribution < -0.4 is 14.8 Å². The predicted molar refractivity (Wildman–Crippen MR) is 85.5 cm³/mol. The summed E-state index contributed by atoms with van der Waals surface area (Å²) in [6.07, 6.45) is 3.37. The van der Waals surface area contributed by atoms with Gasteiger partial charge in [0.15, 0.2) is 11.5 Å². The fourth-order valence-electron chi connectivity index (χ4n) is 2.42. The van der Waals surface area contributed by atoms with Gasteiger partial charge < -0.3 is 14.8 Å². The van der Waals surface area contributed by atoms with Crippen molar-refractivity contribution in [3.8, 4) is 11.5 Å². The van der Waals surface area contributed by atoms with Gasteiger partial charge in [-0.15, -0.1) is 0 Å². The Morgan fingerprint density at radius 1 is 1.23 bits per heavy atom. The molecule has 116 valence electrons. The first-order valence-electron chi connectivity index (χ1n) is 7.66. The molecule has 5 heteroatoms. The van der Waals surface area contributed by atoms with E-state index >= 15 is 0 Å². The molecule has 1 aliphatic heterocycles. The Morgan fingerprint density at radius 2 is 2.05 bits per heavy atom. The molecular formula is C17H21N3O2. The van der Waals surface area contributed by atoms with Crippen molar-refractivity contribution >= 4 is 5.82 Å². The molecule has 1 aromatic carbocycles. The van der Waals surface area contributed by atoms with E-state index < -0.39 is 0 Å². The van der Waals surface area contributed by atoms with E-state index in [0.29, 0.717) is 12.6 Å². The molecule has 0 fully saturated rings. The van der Waals surface area contributed by atoms with Crippen molar-refractivity contribution in [2.24, 2.45) is 0 Å². The number of para-hydroxylation sites is 2. The standard InChI is InChI=1S/C17H21N3O2/c1-12(2)20-17-9-13(18-11-19-17)7-8-14-10-21-15-5-3-4-6-16(15)22-14/h3-6,9,11-12,14H,7-8,10H2,1-2H3,(H,18,19,20)/t14-/m0/s1. The molecule has 1 atom stereocenters. The lowest BCUT2D eigenvalue weighted by Crippen LogP contribution is -2.29. The van der Waals surface area contributed by atoms with Crippen molar-refractivity contribution in [1.82, 2.24) is 9.97 Å². The third kappa shape index (κ3) is 3.67. The van der Waals surface area contributed by atoms with Crippen LogP contribution in [0.4, 0.5) is 5.82 Å². The Hall–Kier alpha value is -2.30. The van der Waals surface area contributed by atoms with E-state index in [1.165, 1.54) is 0 Å². The van der Waals surface area contributed by atoms with Crippen LogP contribution >= 0.6 is 0 Å². The van der Waals surface area contributed by atoms with Crippen LogP contribution in [0, 0.1) is 0 Å². The second kappa shape index (κ2) is 6.64. The molecule has 22 heavy (non-hydrogen) atoms. The summed E-state index contributed by atoms with van der Waals surface area (Å²) in [5, 5.41) is 3.29. The smallest absolute Gasteiger partial charge is 0.161 e. The summed E-state index contributed by atoms with van der Waals surface area (Å²) in [6, 6.07) is 10.1. The zero-order valence-electron chi connectivity index (χ0n) is 13.0. The summed E-state index contributed by atoms with van der Waals surface area (Å²) in [5.74, 6) is 2.51. The Labute approximate surface area is 130 Å². The predicted octanol–water partition coefficient (Wildman–Crippen LogP) is 3.07. The zero-order valence-corrected chi connectivity index (χ0v) is 13.0. The third-order valence-corrected chi connectivity index (χ3v) is 3.45. The lowest BCUT2D eigenvalue weighted by atomic mass is 10.1. The van der Waals surface area contributed by atoms with Crippen molar-refractivity contribution < 1.29 is 9.47 Å². The molecule has 0 radical (unpaired) electrons. The minimum Gasteiger partial charge on any atom is -0.486 e. The molecule has 0 aliphatic carbocycles. The van der Waals surface area contributed by atoms with Crippen LogP contribution in [-0.4, -0.2) is 28.7 Å². The van der Waals surface area contributed by atoms with Crippen molar-refractivity contribution in [3.05, 3.63) is 42.4 Å². The van der Waals surface area contributed by atoms with Gasteiger partial charge in [0.2, 0.25) is 0 Å². The molecule has 0 saturated heterocycles. The van der Waals surface area contributed by atoms with E-state index in [4.69, 9.17) is 9.47 Å². The highest BCUT2D eigenvalue weighted by atomic mass is 16.6. The van der Waals surface area contributed by atoms with Crippen molar-refractivity contribution in [2.75, 3.05) is 11.9 Å². The SMILES string of the molecule is CC(C)Nc1cc(CC[C@H]2COc3ccccc3O2)ncn1. The van der Waals surface area contributed by atoms with Gasteiger partial charge in [0.25, 0.3) is 0 Å². The number of aryl methyl sites for hydroxylation is 1. The number of nitrogens with zero attached hydrogens (tertiary/aromatic N) is 2. The molecule has 1 aromatic heterocycles. The molecule has 0 saturated carbocycles. The fraction of sp³-hybridized carbons (Fsp3) is 0.412. The fourth-order valence-corrected chi connectivity index (χ4v) is 2.42. The summed E-state index contributed by atoms with van der Waals surface area (Å²) in [4.78, 5) is 8.55. The van der Waals surface area contributed by atoms with Crippen molar-refractivity contribution in [1.29, 1.82) is 0 Å². The van der Waals surface area contributed by atoms with Gasteiger partial charge in [-0.3, -0.25) is 0 Å². The molecule has 1 N–H and O–H groups in total. The van der Waals surface area contributed by atoms with Gasteiger partial charge in [-0.25, -0.2) is 9.97 Å². The van der Waals surface area contributed by atoms with Crippen LogP contribution in [0.25, 0.3) is 0 Å². The van der Waals surface area contributed by atoms with E-state index in [2.05, 4.69) is 29.1 Å². The summed E-state index contributed by atoms with van der Waals surface area (Å²) >= 11 is 0. The van der Waals surface area contributed by atoms with E-state index in [0.717, 1.165) is 35.9 Å². The molecule has 0 spiro atoms. The second-order valence-electron chi connectivity index (χ2n) is 5.73. The highest BCUT2D eigenvalue weighted by molar-refractivity contribution is 5.40. The third-order valence-electron chi connectivity index (χ3n) is 3.45. The molecular weight excluding hydrogens is 278 g/mol. The first kappa shape index (κ1) is 14.6. The van der Waals surface area contributed by atoms with Gasteiger partial charge >= 0.3 is 0 Å². The summed E-state index contributed by atoms with van der Waals surface area (Å²) < 4.78 is 11.7. The molecule has 5 nitrogen and oxygen atoms in total. The van der Waals surface area contributed by atoms with Gasteiger partial charge in [-0.05, 0) is 38.8 Å². The number of benzene rings is 1. The summed E-state index contributed by atoms with van der Waals surface area (Å²) in [6.45, 7) is 4.76. The van der Waals surface area contributed by atoms with Crippen LogP contribution in [0.2, 0.25) is 0 Å². The topological polar surface area (TPSA) is 56.3 Å². The number of hydrogen-bond donors (Lipinski definition) is 1. The molecule has 0 bridgehead atoms. The lowest BCUT2D eigenvalue weighted by Gasteiger charge is -2.26. The minimum absolute atomic E-state index is 0.0615. The Kier molecular flexibility index (Phi) is 4.42. The average Bonchev–Trinajstić information content (AvgIpc) is 2.52. The minimum atomic E-state index is 0.0615. The highest BCUT2D eigenvalue weighted by Crippen LogP contribution is 2.31. The quantitative estimate of drug-likeness (QED) is 0.919. The maximum Gasteiger partial charge on any atom is 0.161 e. The van der Waals surface area contributed by atoms with Gasteiger partial charge in [0.1, 0.15) is 24.9 Å². The highest BCUT2D eigenvalue weighted by Gasteiger charge is 2.20. The number of anilines is 1. The number of fused-ring (bicyclic) bond motifs is 1. The second-order valence-corrected chi connectivity index (χ2v) is 5.73. The average molecular weight is 299 g/mol. The maximum atomic E-state index is 5.96. The van der Waals surface area contributed by atoms with Gasteiger partial charge in [0.05, 0.1) is 0 Å². The monoisotopic (exact) mass is 299 g/mol. The molecule has 2 aromatic rings. The van der Waals surface area contributed by atoms with Crippen LogP contribution in [0.5, 0.6) is 11.5 Å². The van der Waals surface area contributed by atoms with Crippen LogP contribution in [0.3, 0.4) is 0 Å². The number of aromatic nitrogens is 2. The lowest BCUT2D eigenvalue weighted by molar-refractivity contribution is 0.0849. The molecule has 2 heterocycles. The van der Waals surface area contributed by atoms with Crippen LogP contribution in [0.15, 0.2) is 36.7 Å². The van der Waals surface area contributed by atoms with E-state index in [1.807, 2.05) is 30.3 Å². The Balaban J connectivity index is 1.57. The summed E-state index contributed by atoms with van der Waals surface area (Å²) in [7, 11) is 0. The number of ether oxygens (including phenoxy) is 2. The normalized spacial score (nSPS) is 16.6.